The molecule has 2 aliphatic heterocycles. The van der Waals surface area contributed by atoms with E-state index in [0.29, 0.717) is 22.7 Å². The number of nitrogens with one attached hydrogen (secondary N) is 1. The fourth-order valence-corrected chi connectivity index (χ4v) is 5.68. The standard InChI is InChI=1S/C20H22N6OS/c1-20-5-4-13(23-20)8-15(10-20)28-18-11-22-19(25-24-18)16-3-2-14(9-17(16)27)26-7-6-21-12-26/h2-3,6-7,9,11-13,15,23,27H,4-5,8,10H2,1H3/t13?,15-,20+/m1/s1. The highest BCUT2D eigenvalue weighted by molar-refractivity contribution is 7.99. The maximum absolute atomic E-state index is 10.4. The van der Waals surface area contributed by atoms with Gasteiger partial charge in [0.05, 0.1) is 23.8 Å². The summed E-state index contributed by atoms with van der Waals surface area (Å²) in [6, 6.07) is 6.00. The van der Waals surface area contributed by atoms with E-state index in [1.807, 2.05) is 16.8 Å². The lowest BCUT2D eigenvalue weighted by Gasteiger charge is -2.35. The molecule has 1 aromatic carbocycles. The van der Waals surface area contributed by atoms with Gasteiger partial charge in [-0.2, -0.15) is 0 Å². The molecule has 7 nitrogen and oxygen atoms in total. The maximum atomic E-state index is 10.4. The van der Waals surface area contributed by atoms with Crippen LogP contribution < -0.4 is 5.32 Å². The second-order valence-corrected chi connectivity index (χ2v) is 9.23. The topological polar surface area (TPSA) is 88.8 Å². The van der Waals surface area contributed by atoms with Gasteiger partial charge >= 0.3 is 0 Å². The van der Waals surface area contributed by atoms with Crippen molar-refractivity contribution < 1.29 is 5.11 Å². The summed E-state index contributed by atoms with van der Waals surface area (Å²) in [5, 5.41) is 24.2. The zero-order valence-electron chi connectivity index (χ0n) is 15.6. The van der Waals surface area contributed by atoms with Gasteiger partial charge in [-0.05, 0) is 44.7 Å². The first kappa shape index (κ1) is 17.6. The maximum Gasteiger partial charge on any atom is 0.185 e. The lowest BCUT2D eigenvalue weighted by Crippen LogP contribution is -2.48. The zero-order valence-corrected chi connectivity index (χ0v) is 16.4. The highest BCUT2D eigenvalue weighted by Gasteiger charge is 2.42. The molecule has 2 N–H and O–H groups in total. The lowest BCUT2D eigenvalue weighted by atomic mass is 9.93. The summed E-state index contributed by atoms with van der Waals surface area (Å²) in [6.45, 7) is 2.32. The molecule has 2 bridgehead atoms. The van der Waals surface area contributed by atoms with E-state index in [2.05, 4.69) is 32.4 Å². The average Bonchev–Trinajstić information content (AvgIpc) is 3.30. The van der Waals surface area contributed by atoms with Crippen molar-refractivity contribution in [3.8, 4) is 22.8 Å². The molecule has 144 valence electrons. The highest BCUT2D eigenvalue weighted by atomic mass is 32.2. The van der Waals surface area contributed by atoms with Crippen LogP contribution in [0.2, 0.25) is 0 Å². The molecular weight excluding hydrogens is 372 g/mol. The molecular formula is C20H22N6OS. The Kier molecular flexibility index (Phi) is 4.32. The van der Waals surface area contributed by atoms with E-state index >= 15 is 0 Å². The van der Waals surface area contributed by atoms with E-state index in [1.54, 1.807) is 42.6 Å². The minimum absolute atomic E-state index is 0.122. The van der Waals surface area contributed by atoms with Gasteiger partial charge in [-0.1, -0.05) is 11.8 Å². The fourth-order valence-electron chi connectivity index (χ4n) is 4.36. The number of phenols is 1. The van der Waals surface area contributed by atoms with E-state index in [0.717, 1.165) is 17.1 Å². The van der Waals surface area contributed by atoms with Gasteiger partial charge < -0.3 is 15.0 Å². The predicted molar refractivity (Wildman–Crippen MR) is 107 cm³/mol. The quantitative estimate of drug-likeness (QED) is 0.702. The van der Waals surface area contributed by atoms with E-state index < -0.39 is 0 Å². The van der Waals surface area contributed by atoms with Crippen molar-refractivity contribution in [1.29, 1.82) is 0 Å². The van der Waals surface area contributed by atoms with Gasteiger partial charge in [-0.3, -0.25) is 0 Å². The Morgan fingerprint density at radius 3 is 2.96 bits per heavy atom. The summed E-state index contributed by atoms with van der Waals surface area (Å²) in [7, 11) is 0. The molecule has 8 heteroatoms. The SMILES string of the molecule is C[C@]12CCC(C[C@@H](Sc3cnc(-c4ccc(-n5ccnc5)cc4O)nn3)C1)N2. The van der Waals surface area contributed by atoms with Crippen LogP contribution in [0.1, 0.15) is 32.6 Å². The number of hydrogen-bond donors (Lipinski definition) is 2. The van der Waals surface area contributed by atoms with Crippen LogP contribution in [0.4, 0.5) is 0 Å². The zero-order chi connectivity index (χ0) is 19.1. The Balaban J connectivity index is 1.31. The van der Waals surface area contributed by atoms with Crippen molar-refractivity contribution in [3.63, 3.8) is 0 Å². The van der Waals surface area contributed by atoms with E-state index in [1.165, 1.54) is 19.3 Å². The predicted octanol–water partition coefficient (Wildman–Crippen LogP) is 3.20. The number of phenolic OH excluding ortho intramolecular Hbond substituents is 1. The number of benzene rings is 1. The largest absolute Gasteiger partial charge is 0.507 e. The Labute approximate surface area is 167 Å². The first-order chi connectivity index (χ1) is 13.6. The van der Waals surface area contributed by atoms with Crippen LogP contribution in [-0.4, -0.2) is 46.7 Å². The monoisotopic (exact) mass is 394 g/mol. The number of aromatic nitrogens is 5. The molecule has 4 heterocycles. The molecule has 2 aliphatic rings. The van der Waals surface area contributed by atoms with Crippen LogP contribution in [0.15, 0.2) is 48.1 Å². The Hall–Kier alpha value is -2.45. The molecule has 0 aliphatic carbocycles. The van der Waals surface area contributed by atoms with Crippen molar-refractivity contribution in [2.75, 3.05) is 0 Å². The number of fused-ring (bicyclic) bond motifs is 2. The van der Waals surface area contributed by atoms with Crippen molar-refractivity contribution in [2.45, 2.75) is 54.5 Å². The normalized spacial score (nSPS) is 26.5. The minimum Gasteiger partial charge on any atom is -0.507 e. The van der Waals surface area contributed by atoms with E-state index in [-0.39, 0.29) is 11.3 Å². The molecule has 0 radical (unpaired) electrons. The number of imidazole rings is 1. The molecule has 3 aromatic rings. The molecule has 1 unspecified atom stereocenters. The van der Waals surface area contributed by atoms with Crippen molar-refractivity contribution in [3.05, 3.63) is 43.1 Å². The number of piperidine rings is 1. The molecule has 0 spiro atoms. The van der Waals surface area contributed by atoms with Gasteiger partial charge in [-0.15, -0.1) is 10.2 Å². The molecule has 2 fully saturated rings. The number of thioether (sulfide) groups is 1. The second kappa shape index (κ2) is 6.86. The Morgan fingerprint density at radius 1 is 1.32 bits per heavy atom. The average molecular weight is 395 g/mol. The number of rotatable bonds is 4. The molecule has 5 rings (SSSR count). The third-order valence-corrected chi connectivity index (χ3v) is 6.80. The van der Waals surface area contributed by atoms with Crippen LogP contribution in [0.3, 0.4) is 0 Å². The third kappa shape index (κ3) is 3.38. The van der Waals surface area contributed by atoms with Crippen molar-refractivity contribution in [1.82, 2.24) is 30.0 Å². The molecule has 28 heavy (non-hydrogen) atoms. The smallest absolute Gasteiger partial charge is 0.185 e. The van der Waals surface area contributed by atoms with E-state index in [9.17, 15) is 5.11 Å². The molecule has 2 aromatic heterocycles. The summed E-state index contributed by atoms with van der Waals surface area (Å²) in [6.07, 6.45) is 11.8. The number of hydrogen-bond acceptors (Lipinski definition) is 7. The van der Waals surface area contributed by atoms with Crippen LogP contribution in [0.25, 0.3) is 17.1 Å². The lowest BCUT2D eigenvalue weighted by molar-refractivity contribution is 0.307. The minimum atomic E-state index is 0.122. The van der Waals surface area contributed by atoms with Gasteiger partial charge in [-0.25, -0.2) is 9.97 Å². The fraction of sp³-hybridized carbons (Fsp3) is 0.400. The van der Waals surface area contributed by atoms with Gasteiger partial charge in [0.25, 0.3) is 0 Å². The van der Waals surface area contributed by atoms with Gasteiger partial charge in [0, 0.05) is 35.3 Å². The first-order valence-corrected chi connectivity index (χ1v) is 10.4. The van der Waals surface area contributed by atoms with Crippen LogP contribution in [0, 0.1) is 0 Å². The summed E-state index contributed by atoms with van der Waals surface area (Å²) in [5.74, 6) is 0.549. The second-order valence-electron chi connectivity index (χ2n) is 7.91. The molecule has 0 saturated carbocycles. The Morgan fingerprint density at radius 2 is 2.25 bits per heavy atom. The first-order valence-electron chi connectivity index (χ1n) is 9.54. The van der Waals surface area contributed by atoms with E-state index in [4.69, 9.17) is 0 Å². The molecule has 0 amide bonds. The summed E-state index contributed by atoms with van der Waals surface area (Å²) >= 11 is 1.77. The van der Waals surface area contributed by atoms with Gasteiger partial charge in [0.2, 0.25) is 0 Å². The van der Waals surface area contributed by atoms with Gasteiger partial charge in [0.1, 0.15) is 10.8 Å². The number of aromatic hydroxyl groups is 1. The summed E-state index contributed by atoms with van der Waals surface area (Å²) < 4.78 is 1.83. The highest BCUT2D eigenvalue weighted by Crippen LogP contribution is 2.41. The third-order valence-electron chi connectivity index (χ3n) is 5.68. The van der Waals surface area contributed by atoms with Crippen LogP contribution in [0.5, 0.6) is 5.75 Å². The van der Waals surface area contributed by atoms with Crippen LogP contribution in [-0.2, 0) is 0 Å². The summed E-state index contributed by atoms with van der Waals surface area (Å²) in [4.78, 5) is 8.47. The summed E-state index contributed by atoms with van der Waals surface area (Å²) in [5.41, 5.74) is 1.66. The van der Waals surface area contributed by atoms with Crippen LogP contribution >= 0.6 is 11.8 Å². The number of nitrogens with zero attached hydrogens (tertiary/aromatic N) is 5. The molecule has 2 saturated heterocycles. The van der Waals surface area contributed by atoms with Crippen molar-refractivity contribution >= 4 is 11.8 Å². The van der Waals surface area contributed by atoms with Crippen molar-refractivity contribution in [2.24, 2.45) is 0 Å². The molecule has 3 atom stereocenters. The Bertz CT molecular complexity index is 977. The van der Waals surface area contributed by atoms with Gasteiger partial charge in [0.15, 0.2) is 5.82 Å².